The van der Waals surface area contributed by atoms with Crippen molar-refractivity contribution < 1.29 is 14.7 Å². The summed E-state index contributed by atoms with van der Waals surface area (Å²) in [6, 6.07) is 9.86. The van der Waals surface area contributed by atoms with Gasteiger partial charge in [0, 0.05) is 22.6 Å². The molecular weight excluding hydrogens is 466 g/mol. The van der Waals surface area contributed by atoms with Crippen LogP contribution in [-0.2, 0) is 16.0 Å². The molecule has 2 atom stereocenters. The standard InChI is InChI=1S/C22H20BrN3O5/c1-11(22(30)31)12-2-5-15(6-3-12)24-18(27)10-16-7-4-13-8-14(23)9-17-19(13)26(16)21(29)20(28)25-17/h2-3,5-6,8-9,11,16H,4,7,10H2,1H3,(H,24,27)(H,25,28)(H,30,31). The van der Waals surface area contributed by atoms with E-state index in [0.29, 0.717) is 35.1 Å². The second-order valence-corrected chi connectivity index (χ2v) is 8.63. The Kier molecular flexibility index (Phi) is 5.53. The van der Waals surface area contributed by atoms with Crippen molar-refractivity contribution in [2.75, 3.05) is 5.32 Å². The molecule has 1 amide bonds. The van der Waals surface area contributed by atoms with Gasteiger partial charge in [0.2, 0.25) is 5.91 Å². The normalized spacial score (nSPS) is 16.1. The molecule has 0 radical (unpaired) electrons. The van der Waals surface area contributed by atoms with Crippen molar-refractivity contribution in [2.24, 2.45) is 0 Å². The van der Waals surface area contributed by atoms with Crippen LogP contribution in [0.2, 0.25) is 0 Å². The van der Waals surface area contributed by atoms with Gasteiger partial charge in [-0.15, -0.1) is 0 Å². The van der Waals surface area contributed by atoms with Crippen LogP contribution in [0.1, 0.15) is 42.9 Å². The van der Waals surface area contributed by atoms with E-state index in [1.165, 1.54) is 4.57 Å². The Bertz CT molecular complexity index is 1310. The molecule has 1 aromatic heterocycles. The van der Waals surface area contributed by atoms with Crippen LogP contribution >= 0.6 is 15.9 Å². The monoisotopic (exact) mass is 485 g/mol. The molecule has 3 N–H and O–H groups in total. The largest absolute Gasteiger partial charge is 0.481 e. The number of carbonyl (C=O) groups excluding carboxylic acids is 1. The van der Waals surface area contributed by atoms with E-state index >= 15 is 0 Å². The third-order valence-electron chi connectivity index (χ3n) is 5.65. The van der Waals surface area contributed by atoms with Crippen LogP contribution in [0.3, 0.4) is 0 Å². The molecule has 1 aliphatic heterocycles. The number of amides is 1. The van der Waals surface area contributed by atoms with Crippen LogP contribution < -0.4 is 16.4 Å². The number of carboxylic acid groups (broad SMARTS) is 1. The highest BCUT2D eigenvalue weighted by molar-refractivity contribution is 9.10. The zero-order valence-electron chi connectivity index (χ0n) is 16.6. The molecule has 31 heavy (non-hydrogen) atoms. The SMILES string of the molecule is CC(C(=O)O)c1ccc(NC(=O)CC2CCc3cc(Br)cc4[nH]c(=O)c(=O)n2c34)cc1. The number of halogens is 1. The fraction of sp³-hybridized carbons (Fsp3) is 0.273. The van der Waals surface area contributed by atoms with Crippen molar-refractivity contribution in [3.05, 3.63) is 72.7 Å². The predicted molar refractivity (Wildman–Crippen MR) is 120 cm³/mol. The number of rotatable bonds is 5. The highest BCUT2D eigenvalue weighted by Crippen LogP contribution is 2.32. The van der Waals surface area contributed by atoms with Gasteiger partial charge in [0.25, 0.3) is 0 Å². The molecule has 1 aliphatic rings. The maximum atomic E-state index is 12.7. The van der Waals surface area contributed by atoms with E-state index in [9.17, 15) is 19.2 Å². The molecular formula is C22H20BrN3O5. The van der Waals surface area contributed by atoms with Gasteiger partial charge in [-0.05, 0) is 55.2 Å². The summed E-state index contributed by atoms with van der Waals surface area (Å²) >= 11 is 3.42. The summed E-state index contributed by atoms with van der Waals surface area (Å²) in [5, 5.41) is 11.9. The lowest BCUT2D eigenvalue weighted by Gasteiger charge is -2.27. The number of nitrogens with zero attached hydrogens (tertiary/aromatic N) is 1. The first-order valence-electron chi connectivity index (χ1n) is 9.84. The second kappa shape index (κ2) is 8.14. The predicted octanol–water partition coefficient (Wildman–Crippen LogP) is 3.16. The summed E-state index contributed by atoms with van der Waals surface area (Å²) in [7, 11) is 0. The average molecular weight is 486 g/mol. The molecule has 0 aliphatic carbocycles. The first-order valence-corrected chi connectivity index (χ1v) is 10.6. The lowest BCUT2D eigenvalue weighted by Crippen LogP contribution is -2.41. The topological polar surface area (TPSA) is 121 Å². The minimum absolute atomic E-state index is 0.0429. The molecule has 9 heteroatoms. The number of benzene rings is 2. The van der Waals surface area contributed by atoms with Crippen molar-refractivity contribution in [3.8, 4) is 0 Å². The van der Waals surface area contributed by atoms with Gasteiger partial charge in [0.1, 0.15) is 0 Å². The lowest BCUT2D eigenvalue weighted by molar-refractivity contribution is -0.138. The Hall–Kier alpha value is -3.20. The number of carboxylic acids is 1. The Morgan fingerprint density at radius 1 is 1.26 bits per heavy atom. The zero-order valence-corrected chi connectivity index (χ0v) is 18.2. The van der Waals surface area contributed by atoms with E-state index in [-0.39, 0.29) is 12.3 Å². The fourth-order valence-electron chi connectivity index (χ4n) is 4.03. The molecule has 8 nitrogen and oxygen atoms in total. The van der Waals surface area contributed by atoms with Crippen molar-refractivity contribution in [2.45, 2.75) is 38.1 Å². The molecule has 0 saturated carbocycles. The van der Waals surface area contributed by atoms with Crippen molar-refractivity contribution in [1.29, 1.82) is 0 Å². The summed E-state index contributed by atoms with van der Waals surface area (Å²) in [6.45, 7) is 1.59. The van der Waals surface area contributed by atoms with Crippen molar-refractivity contribution in [1.82, 2.24) is 9.55 Å². The van der Waals surface area contributed by atoms with Gasteiger partial charge in [-0.25, -0.2) is 0 Å². The molecule has 3 aromatic rings. The van der Waals surface area contributed by atoms with Gasteiger partial charge < -0.3 is 15.4 Å². The molecule has 2 aromatic carbocycles. The number of aromatic amines is 1. The van der Waals surface area contributed by atoms with E-state index in [1.807, 2.05) is 6.07 Å². The van der Waals surface area contributed by atoms with Crippen molar-refractivity contribution in [3.63, 3.8) is 0 Å². The number of hydrogen-bond acceptors (Lipinski definition) is 4. The van der Waals surface area contributed by atoms with Crippen LogP contribution in [0, 0.1) is 0 Å². The Morgan fingerprint density at radius 3 is 2.65 bits per heavy atom. The third-order valence-corrected chi connectivity index (χ3v) is 6.11. The molecule has 0 bridgehead atoms. The van der Waals surface area contributed by atoms with Gasteiger partial charge in [-0.2, -0.15) is 0 Å². The van der Waals surface area contributed by atoms with Crippen LogP contribution in [0.4, 0.5) is 5.69 Å². The highest BCUT2D eigenvalue weighted by Gasteiger charge is 2.26. The fourth-order valence-corrected chi connectivity index (χ4v) is 4.53. The molecule has 0 spiro atoms. The smallest absolute Gasteiger partial charge is 0.317 e. The number of anilines is 1. The molecule has 0 fully saturated rings. The molecule has 2 heterocycles. The Labute approximate surface area is 185 Å². The van der Waals surface area contributed by atoms with Crippen LogP contribution in [-0.4, -0.2) is 26.5 Å². The highest BCUT2D eigenvalue weighted by atomic mass is 79.9. The summed E-state index contributed by atoms with van der Waals surface area (Å²) in [5.41, 5.74) is 1.95. The van der Waals surface area contributed by atoms with Crippen LogP contribution in [0.5, 0.6) is 0 Å². The minimum atomic E-state index is -0.920. The number of H-pyrrole nitrogens is 1. The zero-order chi connectivity index (χ0) is 22.3. The lowest BCUT2D eigenvalue weighted by atomic mass is 9.96. The number of carbonyl (C=O) groups is 2. The Balaban J connectivity index is 1.58. The van der Waals surface area contributed by atoms with Crippen LogP contribution in [0.25, 0.3) is 11.0 Å². The van der Waals surface area contributed by atoms with Gasteiger partial charge in [0.15, 0.2) is 0 Å². The molecule has 2 unspecified atom stereocenters. The van der Waals surface area contributed by atoms with E-state index in [0.717, 1.165) is 10.0 Å². The van der Waals surface area contributed by atoms with Crippen molar-refractivity contribution >= 4 is 44.5 Å². The van der Waals surface area contributed by atoms with E-state index < -0.39 is 29.0 Å². The number of aliphatic carboxylic acids is 1. The first-order chi connectivity index (χ1) is 14.7. The van der Waals surface area contributed by atoms with Gasteiger partial charge >= 0.3 is 17.1 Å². The maximum Gasteiger partial charge on any atom is 0.317 e. The molecule has 0 saturated heterocycles. The van der Waals surface area contributed by atoms with Gasteiger partial charge in [-0.3, -0.25) is 23.7 Å². The maximum absolute atomic E-state index is 12.7. The van der Waals surface area contributed by atoms with Crippen LogP contribution in [0.15, 0.2) is 50.5 Å². The average Bonchev–Trinajstić information content (AvgIpc) is 2.72. The Morgan fingerprint density at radius 2 is 1.97 bits per heavy atom. The third kappa shape index (κ3) is 4.05. The summed E-state index contributed by atoms with van der Waals surface area (Å²) in [4.78, 5) is 51.2. The summed E-state index contributed by atoms with van der Waals surface area (Å²) in [5.74, 6) is -1.85. The minimum Gasteiger partial charge on any atom is -0.481 e. The summed E-state index contributed by atoms with van der Waals surface area (Å²) in [6.07, 6.45) is 1.28. The van der Waals surface area contributed by atoms with E-state index in [1.54, 1.807) is 37.3 Å². The number of aromatic nitrogens is 2. The molecule has 4 rings (SSSR count). The number of nitrogens with one attached hydrogen (secondary N) is 2. The van der Waals surface area contributed by atoms with E-state index in [4.69, 9.17) is 5.11 Å². The van der Waals surface area contributed by atoms with E-state index in [2.05, 4.69) is 26.2 Å². The number of hydrogen-bond donors (Lipinski definition) is 3. The van der Waals surface area contributed by atoms with Gasteiger partial charge in [-0.1, -0.05) is 28.1 Å². The first kappa shape index (κ1) is 21.0. The van der Waals surface area contributed by atoms with Gasteiger partial charge in [0.05, 0.1) is 17.0 Å². The second-order valence-electron chi connectivity index (χ2n) is 7.72. The molecule has 160 valence electrons. The summed E-state index contributed by atoms with van der Waals surface area (Å²) < 4.78 is 2.25. The number of aryl methyl sites for hydroxylation is 1. The quantitative estimate of drug-likeness (QED) is 0.479.